The maximum atomic E-state index is 13.3. The highest BCUT2D eigenvalue weighted by molar-refractivity contribution is 6.11. The smallest absolute Gasteiger partial charge is 0.341 e. The lowest BCUT2D eigenvalue weighted by atomic mass is 10.1. The van der Waals surface area contributed by atoms with Crippen LogP contribution in [-0.2, 0) is 11.2 Å². The van der Waals surface area contributed by atoms with Gasteiger partial charge in [0.15, 0.2) is 5.69 Å². The van der Waals surface area contributed by atoms with E-state index in [0.29, 0.717) is 5.56 Å². The number of benzene rings is 1. The number of carboxylic acid groups (broad SMARTS) is 1. The summed E-state index contributed by atoms with van der Waals surface area (Å²) in [4.78, 5) is 40.5. The lowest BCUT2D eigenvalue weighted by Crippen LogP contribution is -2.18. The average Bonchev–Trinajstić information content (AvgIpc) is 3.06. The summed E-state index contributed by atoms with van der Waals surface area (Å²) in [5, 5.41) is 18.6. The van der Waals surface area contributed by atoms with E-state index in [-0.39, 0.29) is 35.3 Å². The number of amides is 2. The van der Waals surface area contributed by atoms with Crippen molar-refractivity contribution in [2.24, 2.45) is 0 Å². The molecule has 2 aromatic heterocycles. The minimum atomic E-state index is -1.38. The number of carboxylic acids is 1. The Kier molecular flexibility index (Phi) is 6.47. The van der Waals surface area contributed by atoms with Crippen molar-refractivity contribution in [3.8, 4) is 0 Å². The van der Waals surface area contributed by atoms with E-state index in [2.05, 4.69) is 20.7 Å². The van der Waals surface area contributed by atoms with Gasteiger partial charge in [-0.3, -0.25) is 14.6 Å². The minimum Gasteiger partial charge on any atom is -0.477 e. The number of nitrogen functional groups attached to an aromatic ring is 1. The zero-order valence-electron chi connectivity index (χ0n) is 17.3. The van der Waals surface area contributed by atoms with E-state index in [0.717, 1.165) is 0 Å². The third-order valence-corrected chi connectivity index (χ3v) is 4.40. The molecule has 0 atom stereocenters. The van der Waals surface area contributed by atoms with Crippen LogP contribution >= 0.6 is 0 Å². The summed E-state index contributed by atoms with van der Waals surface area (Å²) >= 11 is 0. The van der Waals surface area contributed by atoms with Gasteiger partial charge in [-0.1, -0.05) is 12.1 Å². The molecule has 32 heavy (non-hydrogen) atoms. The standard InChI is InChI=1S/C21H21FN6O4/c1-11(2)28-19(23)17(21(31)32)18(27-28)20(30)26-15-8-14(9-24-10-15)25-16(29)7-12-4-3-5-13(22)6-12/h3-6,8-11H,7,23H2,1-2H3,(H,25,29)(H,26,30)(H,31,32). The van der Waals surface area contributed by atoms with Crippen LogP contribution in [0.1, 0.15) is 46.3 Å². The molecule has 1 aromatic carbocycles. The molecular weight excluding hydrogens is 419 g/mol. The van der Waals surface area contributed by atoms with Gasteiger partial charge >= 0.3 is 5.97 Å². The Morgan fingerprint density at radius 2 is 1.84 bits per heavy atom. The highest BCUT2D eigenvalue weighted by Gasteiger charge is 2.27. The minimum absolute atomic E-state index is 0.0533. The monoisotopic (exact) mass is 440 g/mol. The topological polar surface area (TPSA) is 152 Å². The second kappa shape index (κ2) is 9.25. The molecule has 0 saturated heterocycles. The van der Waals surface area contributed by atoms with Gasteiger partial charge in [0, 0.05) is 6.04 Å². The molecule has 10 nitrogen and oxygen atoms in total. The third kappa shape index (κ3) is 5.06. The van der Waals surface area contributed by atoms with Crippen molar-refractivity contribution in [2.75, 3.05) is 16.4 Å². The number of hydrogen-bond acceptors (Lipinski definition) is 6. The number of aromatic nitrogens is 3. The van der Waals surface area contributed by atoms with Gasteiger partial charge in [-0.25, -0.2) is 13.9 Å². The van der Waals surface area contributed by atoms with E-state index in [4.69, 9.17) is 5.73 Å². The first kappa shape index (κ1) is 22.4. The van der Waals surface area contributed by atoms with Gasteiger partial charge in [0.25, 0.3) is 5.91 Å². The molecule has 0 bridgehead atoms. The van der Waals surface area contributed by atoms with Crippen LogP contribution in [0.3, 0.4) is 0 Å². The molecule has 2 amide bonds. The fourth-order valence-electron chi connectivity index (χ4n) is 3.02. The second-order valence-electron chi connectivity index (χ2n) is 7.22. The van der Waals surface area contributed by atoms with Crippen LogP contribution in [0.25, 0.3) is 0 Å². The number of anilines is 3. The van der Waals surface area contributed by atoms with Crippen molar-refractivity contribution in [1.29, 1.82) is 0 Å². The SMILES string of the molecule is CC(C)n1nc(C(=O)Nc2cncc(NC(=O)Cc3cccc(F)c3)c2)c(C(=O)O)c1N. The van der Waals surface area contributed by atoms with Crippen molar-refractivity contribution in [1.82, 2.24) is 14.8 Å². The predicted molar refractivity (Wildman–Crippen MR) is 115 cm³/mol. The van der Waals surface area contributed by atoms with Crippen LogP contribution in [0, 0.1) is 5.82 Å². The highest BCUT2D eigenvalue weighted by Crippen LogP contribution is 2.22. The van der Waals surface area contributed by atoms with Crippen molar-refractivity contribution in [3.63, 3.8) is 0 Å². The van der Waals surface area contributed by atoms with Gasteiger partial charge < -0.3 is 21.5 Å². The van der Waals surface area contributed by atoms with Crippen molar-refractivity contribution in [2.45, 2.75) is 26.3 Å². The number of nitrogens with one attached hydrogen (secondary N) is 2. The zero-order chi connectivity index (χ0) is 23.4. The second-order valence-corrected chi connectivity index (χ2v) is 7.22. The number of carbonyl (C=O) groups is 3. The normalized spacial score (nSPS) is 10.8. The van der Waals surface area contributed by atoms with Gasteiger partial charge in [-0.15, -0.1) is 0 Å². The van der Waals surface area contributed by atoms with E-state index >= 15 is 0 Å². The molecule has 0 aliphatic heterocycles. The molecule has 3 rings (SSSR count). The quantitative estimate of drug-likeness (QED) is 0.441. The van der Waals surface area contributed by atoms with Crippen LogP contribution in [0.2, 0.25) is 0 Å². The molecular formula is C21H21FN6O4. The van der Waals surface area contributed by atoms with E-state index in [1.165, 1.54) is 41.3 Å². The first-order valence-corrected chi connectivity index (χ1v) is 9.57. The molecule has 5 N–H and O–H groups in total. The van der Waals surface area contributed by atoms with E-state index < -0.39 is 29.2 Å². The number of nitrogens with two attached hydrogens (primary N) is 1. The summed E-state index contributed by atoms with van der Waals surface area (Å²) in [6, 6.07) is 6.86. The van der Waals surface area contributed by atoms with Crippen molar-refractivity contribution < 1.29 is 23.9 Å². The van der Waals surface area contributed by atoms with Gasteiger partial charge in [0.1, 0.15) is 17.2 Å². The Balaban J connectivity index is 1.75. The van der Waals surface area contributed by atoms with Crippen LogP contribution in [0.15, 0.2) is 42.7 Å². The van der Waals surface area contributed by atoms with Crippen LogP contribution < -0.4 is 16.4 Å². The average molecular weight is 440 g/mol. The molecule has 0 unspecified atom stereocenters. The van der Waals surface area contributed by atoms with Crippen LogP contribution in [-0.4, -0.2) is 37.7 Å². The first-order valence-electron chi connectivity index (χ1n) is 9.57. The maximum absolute atomic E-state index is 13.3. The fourth-order valence-corrected chi connectivity index (χ4v) is 3.02. The van der Waals surface area contributed by atoms with Crippen LogP contribution in [0.4, 0.5) is 21.6 Å². The van der Waals surface area contributed by atoms with Crippen molar-refractivity contribution >= 4 is 35.0 Å². The number of rotatable bonds is 7. The molecule has 0 aliphatic rings. The third-order valence-electron chi connectivity index (χ3n) is 4.40. The summed E-state index contributed by atoms with van der Waals surface area (Å²) in [6.07, 6.45) is 2.64. The number of hydrogen-bond donors (Lipinski definition) is 4. The Morgan fingerprint density at radius 3 is 2.47 bits per heavy atom. The van der Waals surface area contributed by atoms with Gasteiger partial charge in [0.2, 0.25) is 5.91 Å². The first-order chi connectivity index (χ1) is 15.2. The number of aromatic carboxylic acids is 1. The molecule has 2 heterocycles. The summed E-state index contributed by atoms with van der Waals surface area (Å²) in [6.45, 7) is 3.49. The highest BCUT2D eigenvalue weighted by atomic mass is 19.1. The molecule has 3 aromatic rings. The molecule has 0 radical (unpaired) electrons. The molecule has 0 aliphatic carbocycles. The number of pyridine rings is 1. The number of halogens is 1. The molecule has 166 valence electrons. The summed E-state index contributed by atoms with van der Waals surface area (Å²) in [5.74, 6) is -3.15. The molecule has 0 saturated carbocycles. The van der Waals surface area contributed by atoms with E-state index in [1.54, 1.807) is 19.9 Å². The number of nitrogens with zero attached hydrogens (tertiary/aromatic N) is 3. The maximum Gasteiger partial charge on any atom is 0.341 e. The molecule has 0 spiro atoms. The lowest BCUT2D eigenvalue weighted by molar-refractivity contribution is -0.115. The Labute approximate surface area is 182 Å². The number of carbonyl (C=O) groups excluding carboxylic acids is 2. The summed E-state index contributed by atoms with van der Waals surface area (Å²) < 4.78 is 14.5. The zero-order valence-corrected chi connectivity index (χ0v) is 17.3. The van der Waals surface area contributed by atoms with Gasteiger partial charge in [0.05, 0.1) is 30.2 Å². The Hall–Kier alpha value is -4.28. The van der Waals surface area contributed by atoms with Crippen molar-refractivity contribution in [3.05, 3.63) is 65.4 Å². The van der Waals surface area contributed by atoms with Gasteiger partial charge in [-0.2, -0.15) is 5.10 Å². The van der Waals surface area contributed by atoms with E-state index in [9.17, 15) is 23.9 Å². The lowest BCUT2D eigenvalue weighted by Gasteiger charge is -2.08. The molecule has 11 heteroatoms. The van der Waals surface area contributed by atoms with Crippen LogP contribution in [0.5, 0.6) is 0 Å². The Bertz CT molecular complexity index is 1190. The summed E-state index contributed by atoms with van der Waals surface area (Å²) in [5.41, 5.74) is 6.09. The van der Waals surface area contributed by atoms with E-state index in [1.807, 2.05) is 0 Å². The van der Waals surface area contributed by atoms with Gasteiger partial charge in [-0.05, 0) is 37.6 Å². The Morgan fingerprint density at radius 1 is 1.16 bits per heavy atom. The summed E-state index contributed by atoms with van der Waals surface area (Å²) in [7, 11) is 0. The fraction of sp³-hybridized carbons (Fsp3) is 0.190. The largest absolute Gasteiger partial charge is 0.477 e. The predicted octanol–water partition coefficient (Wildman–Crippen LogP) is 2.71. The molecule has 0 fully saturated rings.